The number of hydrogen-bond donors (Lipinski definition) is 2. The fraction of sp³-hybridized carbons (Fsp3) is 0.909. The zero-order chi connectivity index (χ0) is 11.4. The van der Waals surface area contributed by atoms with E-state index in [-0.39, 0.29) is 0 Å². The maximum atomic E-state index is 4.44. The van der Waals surface area contributed by atoms with Gasteiger partial charge in [-0.15, -0.1) is 0 Å². The summed E-state index contributed by atoms with van der Waals surface area (Å²) in [6.45, 7) is 7.10. The Morgan fingerprint density at radius 2 is 2.00 bits per heavy atom. The van der Waals surface area contributed by atoms with Crippen molar-refractivity contribution >= 4 is 17.7 Å². The van der Waals surface area contributed by atoms with Crippen molar-refractivity contribution in [3.05, 3.63) is 0 Å². The van der Waals surface area contributed by atoms with Crippen molar-refractivity contribution in [2.24, 2.45) is 4.99 Å². The van der Waals surface area contributed by atoms with Gasteiger partial charge in [0.15, 0.2) is 5.96 Å². The summed E-state index contributed by atoms with van der Waals surface area (Å²) in [6, 6.07) is 0. The predicted octanol–water partition coefficient (Wildman–Crippen LogP) is 2.09. The Kier molecular flexibility index (Phi) is 11.4. The standard InChI is InChI=1S/C11H25N3S/c1-4-8-13-11(12-5-2)14-9-6-7-10-15-3/h4-10H2,1-3H3,(H2,12,13,14). The molecule has 0 aromatic heterocycles. The van der Waals surface area contributed by atoms with Crippen LogP contribution in [-0.4, -0.2) is 37.6 Å². The van der Waals surface area contributed by atoms with Gasteiger partial charge in [0.2, 0.25) is 0 Å². The molecule has 0 aromatic rings. The van der Waals surface area contributed by atoms with Gasteiger partial charge in [-0.3, -0.25) is 4.99 Å². The van der Waals surface area contributed by atoms with Crippen LogP contribution in [0.3, 0.4) is 0 Å². The summed E-state index contributed by atoms with van der Waals surface area (Å²) >= 11 is 1.91. The minimum atomic E-state index is 0.903. The highest BCUT2D eigenvalue weighted by Gasteiger charge is 1.94. The predicted molar refractivity (Wildman–Crippen MR) is 71.9 cm³/mol. The molecule has 0 aliphatic carbocycles. The van der Waals surface area contributed by atoms with E-state index in [4.69, 9.17) is 0 Å². The molecule has 0 aliphatic rings. The Hall–Kier alpha value is -0.380. The third kappa shape index (κ3) is 9.91. The lowest BCUT2D eigenvalue weighted by molar-refractivity contribution is 0.733. The van der Waals surface area contributed by atoms with E-state index >= 15 is 0 Å². The zero-order valence-corrected chi connectivity index (χ0v) is 11.1. The van der Waals surface area contributed by atoms with Crippen LogP contribution in [0.1, 0.15) is 33.1 Å². The lowest BCUT2D eigenvalue weighted by Crippen LogP contribution is -2.37. The van der Waals surface area contributed by atoms with Gasteiger partial charge in [-0.05, 0) is 38.2 Å². The molecule has 15 heavy (non-hydrogen) atoms. The van der Waals surface area contributed by atoms with Crippen LogP contribution in [-0.2, 0) is 0 Å². The highest BCUT2D eigenvalue weighted by atomic mass is 32.2. The van der Waals surface area contributed by atoms with Crippen molar-refractivity contribution in [2.75, 3.05) is 31.6 Å². The number of thioether (sulfide) groups is 1. The number of guanidine groups is 1. The quantitative estimate of drug-likeness (QED) is 0.381. The van der Waals surface area contributed by atoms with Crippen LogP contribution in [0.25, 0.3) is 0 Å². The highest BCUT2D eigenvalue weighted by molar-refractivity contribution is 7.98. The van der Waals surface area contributed by atoms with Crippen molar-refractivity contribution in [1.29, 1.82) is 0 Å². The van der Waals surface area contributed by atoms with Crippen LogP contribution in [0, 0.1) is 0 Å². The molecule has 0 fully saturated rings. The van der Waals surface area contributed by atoms with Crippen LogP contribution in [0.4, 0.5) is 0 Å². The molecular formula is C11H25N3S. The van der Waals surface area contributed by atoms with Gasteiger partial charge in [0.1, 0.15) is 0 Å². The first kappa shape index (κ1) is 14.6. The SMILES string of the molecule is CCCN=C(NCC)NCCCCSC. The summed E-state index contributed by atoms with van der Waals surface area (Å²) in [5.41, 5.74) is 0. The number of nitrogens with one attached hydrogen (secondary N) is 2. The van der Waals surface area contributed by atoms with E-state index in [1.165, 1.54) is 18.6 Å². The Morgan fingerprint density at radius 3 is 2.60 bits per heavy atom. The van der Waals surface area contributed by atoms with Crippen molar-refractivity contribution in [2.45, 2.75) is 33.1 Å². The minimum absolute atomic E-state index is 0.903. The molecule has 0 radical (unpaired) electrons. The van der Waals surface area contributed by atoms with Crippen molar-refractivity contribution < 1.29 is 0 Å². The first-order valence-electron chi connectivity index (χ1n) is 5.86. The smallest absolute Gasteiger partial charge is 0.191 e. The third-order valence-electron chi connectivity index (χ3n) is 1.91. The molecule has 0 bridgehead atoms. The van der Waals surface area contributed by atoms with E-state index in [1.807, 2.05) is 11.8 Å². The number of nitrogens with zero attached hydrogens (tertiary/aromatic N) is 1. The molecule has 0 amide bonds. The molecule has 0 saturated carbocycles. The summed E-state index contributed by atoms with van der Waals surface area (Å²) in [5.74, 6) is 2.22. The van der Waals surface area contributed by atoms with E-state index in [0.717, 1.165) is 32.0 Å². The Bertz CT molecular complexity index is 160. The second kappa shape index (κ2) is 11.7. The largest absolute Gasteiger partial charge is 0.357 e. The monoisotopic (exact) mass is 231 g/mol. The van der Waals surface area contributed by atoms with Gasteiger partial charge < -0.3 is 10.6 Å². The molecule has 4 heteroatoms. The number of unbranched alkanes of at least 4 members (excludes halogenated alkanes) is 1. The first-order chi connectivity index (χ1) is 7.35. The van der Waals surface area contributed by atoms with Crippen molar-refractivity contribution in [1.82, 2.24) is 10.6 Å². The van der Waals surface area contributed by atoms with Gasteiger partial charge in [-0.1, -0.05) is 6.92 Å². The summed E-state index contributed by atoms with van der Waals surface area (Å²) in [7, 11) is 0. The van der Waals surface area contributed by atoms with E-state index < -0.39 is 0 Å². The van der Waals surface area contributed by atoms with Crippen LogP contribution in [0.2, 0.25) is 0 Å². The lowest BCUT2D eigenvalue weighted by atomic mass is 10.3. The number of hydrogen-bond acceptors (Lipinski definition) is 2. The molecule has 0 saturated heterocycles. The van der Waals surface area contributed by atoms with Crippen LogP contribution in [0.15, 0.2) is 4.99 Å². The minimum Gasteiger partial charge on any atom is -0.357 e. The van der Waals surface area contributed by atoms with Crippen LogP contribution < -0.4 is 10.6 Å². The summed E-state index contributed by atoms with van der Waals surface area (Å²) in [4.78, 5) is 4.44. The van der Waals surface area contributed by atoms with Gasteiger partial charge in [0, 0.05) is 19.6 Å². The zero-order valence-electron chi connectivity index (χ0n) is 10.3. The van der Waals surface area contributed by atoms with Gasteiger partial charge in [0.05, 0.1) is 0 Å². The summed E-state index contributed by atoms with van der Waals surface area (Å²) in [6.07, 6.45) is 5.75. The summed E-state index contributed by atoms with van der Waals surface area (Å²) < 4.78 is 0. The molecule has 0 atom stereocenters. The normalized spacial score (nSPS) is 11.5. The fourth-order valence-corrected chi connectivity index (χ4v) is 1.64. The molecule has 0 spiro atoms. The molecule has 3 nitrogen and oxygen atoms in total. The molecule has 2 N–H and O–H groups in total. The van der Waals surface area contributed by atoms with E-state index in [2.05, 4.69) is 35.7 Å². The van der Waals surface area contributed by atoms with Crippen LogP contribution in [0.5, 0.6) is 0 Å². The first-order valence-corrected chi connectivity index (χ1v) is 7.25. The molecule has 0 aromatic carbocycles. The third-order valence-corrected chi connectivity index (χ3v) is 2.60. The van der Waals surface area contributed by atoms with Crippen molar-refractivity contribution in [3.8, 4) is 0 Å². The van der Waals surface area contributed by atoms with E-state index in [1.54, 1.807) is 0 Å². The molecule has 0 unspecified atom stereocenters. The Labute approximate surface area is 98.5 Å². The van der Waals surface area contributed by atoms with Gasteiger partial charge in [-0.25, -0.2) is 0 Å². The van der Waals surface area contributed by atoms with Crippen LogP contribution >= 0.6 is 11.8 Å². The fourth-order valence-electron chi connectivity index (χ4n) is 1.14. The topological polar surface area (TPSA) is 36.4 Å². The van der Waals surface area contributed by atoms with E-state index in [0.29, 0.717) is 0 Å². The molecule has 0 aliphatic heterocycles. The average molecular weight is 231 g/mol. The second-order valence-corrected chi connectivity index (χ2v) is 4.37. The average Bonchev–Trinajstić information content (AvgIpc) is 2.25. The number of rotatable bonds is 8. The lowest BCUT2D eigenvalue weighted by Gasteiger charge is -2.10. The van der Waals surface area contributed by atoms with E-state index in [9.17, 15) is 0 Å². The van der Waals surface area contributed by atoms with Gasteiger partial charge in [-0.2, -0.15) is 11.8 Å². The molecule has 0 heterocycles. The summed E-state index contributed by atoms with van der Waals surface area (Å²) in [5, 5.41) is 6.59. The maximum Gasteiger partial charge on any atom is 0.191 e. The Balaban J connectivity index is 3.56. The molecule has 0 rings (SSSR count). The maximum absolute atomic E-state index is 4.44. The molecule has 90 valence electrons. The highest BCUT2D eigenvalue weighted by Crippen LogP contribution is 1.97. The second-order valence-electron chi connectivity index (χ2n) is 3.39. The number of aliphatic imine (C=N–C) groups is 1. The Morgan fingerprint density at radius 1 is 1.20 bits per heavy atom. The molecular weight excluding hydrogens is 206 g/mol. The van der Waals surface area contributed by atoms with Gasteiger partial charge in [0.25, 0.3) is 0 Å². The van der Waals surface area contributed by atoms with Crippen molar-refractivity contribution in [3.63, 3.8) is 0 Å². The van der Waals surface area contributed by atoms with Gasteiger partial charge >= 0.3 is 0 Å².